The van der Waals surface area contributed by atoms with Crippen molar-refractivity contribution in [2.75, 3.05) is 48.0 Å². The fourth-order valence-corrected chi connectivity index (χ4v) is 3.56. The number of hydrogen-bond acceptors (Lipinski definition) is 8. The maximum atomic E-state index is 4.68. The Balaban J connectivity index is 1.66. The maximum Gasteiger partial charge on any atom is 0.233 e. The number of nitrogens with zero attached hydrogens (tertiary/aromatic N) is 4. The highest BCUT2D eigenvalue weighted by molar-refractivity contribution is 7.98. The molecule has 2 aromatic carbocycles. The van der Waals surface area contributed by atoms with E-state index in [4.69, 9.17) is 0 Å². The second kappa shape index (κ2) is 8.90. The van der Waals surface area contributed by atoms with Gasteiger partial charge in [-0.15, -0.1) is 11.8 Å². The summed E-state index contributed by atoms with van der Waals surface area (Å²) < 4.78 is 0. The van der Waals surface area contributed by atoms with Crippen molar-refractivity contribution >= 4 is 41.0 Å². The van der Waals surface area contributed by atoms with E-state index >= 15 is 0 Å². The topological polar surface area (TPSA) is 78.0 Å². The van der Waals surface area contributed by atoms with Crippen LogP contribution in [0.3, 0.4) is 0 Å². The Morgan fingerprint density at radius 2 is 1.54 bits per heavy atom. The smallest absolute Gasteiger partial charge is 0.233 e. The normalized spacial score (nSPS) is 14.0. The lowest BCUT2D eigenvalue weighted by Crippen LogP contribution is -2.44. The molecule has 0 radical (unpaired) electrons. The van der Waals surface area contributed by atoms with Crippen molar-refractivity contribution in [3.63, 3.8) is 0 Å². The van der Waals surface area contributed by atoms with E-state index in [1.807, 2.05) is 48.5 Å². The van der Waals surface area contributed by atoms with Gasteiger partial charge in [-0.05, 0) is 30.5 Å². The number of piperazine rings is 1. The van der Waals surface area contributed by atoms with Crippen LogP contribution in [0.2, 0.25) is 0 Å². The van der Waals surface area contributed by atoms with E-state index in [1.165, 1.54) is 0 Å². The zero-order valence-electron chi connectivity index (χ0n) is 15.7. The van der Waals surface area contributed by atoms with Gasteiger partial charge in [0.2, 0.25) is 17.8 Å². The molecule has 8 heteroatoms. The standard InChI is InChI=1S/C20H23N7S/c1-28-17-10-6-5-9-16(17)23-19-24-18(22-15-7-3-2-4-8-15)25-20(26-19)27-13-11-21-12-14-27/h2-10,21H,11-14H2,1H3,(H2,22,23,24,25,26). The number of para-hydroxylation sites is 2. The predicted molar refractivity (Wildman–Crippen MR) is 116 cm³/mol. The Bertz CT molecular complexity index is 913. The lowest BCUT2D eigenvalue weighted by Gasteiger charge is -2.27. The van der Waals surface area contributed by atoms with Gasteiger partial charge in [-0.3, -0.25) is 0 Å². The summed E-state index contributed by atoms with van der Waals surface area (Å²) in [6, 6.07) is 18.1. The summed E-state index contributed by atoms with van der Waals surface area (Å²) in [5.41, 5.74) is 1.92. The van der Waals surface area contributed by atoms with Gasteiger partial charge in [-0.2, -0.15) is 15.0 Å². The van der Waals surface area contributed by atoms with Crippen LogP contribution in [0.4, 0.5) is 29.2 Å². The largest absolute Gasteiger partial charge is 0.338 e. The van der Waals surface area contributed by atoms with Gasteiger partial charge in [0.1, 0.15) is 0 Å². The summed E-state index contributed by atoms with van der Waals surface area (Å²) >= 11 is 1.69. The van der Waals surface area contributed by atoms with Crippen molar-refractivity contribution in [1.29, 1.82) is 0 Å². The molecule has 0 atom stereocenters. The molecule has 0 aliphatic carbocycles. The first-order valence-electron chi connectivity index (χ1n) is 9.26. The number of benzene rings is 2. The minimum Gasteiger partial charge on any atom is -0.338 e. The Morgan fingerprint density at radius 1 is 0.857 bits per heavy atom. The van der Waals surface area contributed by atoms with Crippen LogP contribution in [0.15, 0.2) is 59.5 Å². The molecule has 1 aliphatic heterocycles. The molecular weight excluding hydrogens is 370 g/mol. The van der Waals surface area contributed by atoms with Crippen molar-refractivity contribution in [2.24, 2.45) is 0 Å². The summed E-state index contributed by atoms with van der Waals surface area (Å²) in [6.45, 7) is 3.58. The van der Waals surface area contributed by atoms with Crippen LogP contribution in [0.5, 0.6) is 0 Å². The average molecular weight is 394 g/mol. The van der Waals surface area contributed by atoms with Crippen LogP contribution in [0, 0.1) is 0 Å². The molecule has 0 bridgehead atoms. The lowest BCUT2D eigenvalue weighted by atomic mass is 10.3. The molecule has 1 saturated heterocycles. The molecule has 144 valence electrons. The van der Waals surface area contributed by atoms with E-state index in [9.17, 15) is 0 Å². The lowest BCUT2D eigenvalue weighted by molar-refractivity contribution is 0.579. The number of rotatable bonds is 6. The summed E-state index contributed by atoms with van der Waals surface area (Å²) in [4.78, 5) is 17.3. The van der Waals surface area contributed by atoms with E-state index in [0.717, 1.165) is 42.4 Å². The van der Waals surface area contributed by atoms with Gasteiger partial charge in [0, 0.05) is 36.8 Å². The first-order valence-corrected chi connectivity index (χ1v) is 10.5. The van der Waals surface area contributed by atoms with Crippen molar-refractivity contribution in [3.05, 3.63) is 54.6 Å². The summed E-state index contributed by atoms with van der Waals surface area (Å²) in [7, 11) is 0. The van der Waals surface area contributed by atoms with Gasteiger partial charge in [0.15, 0.2) is 0 Å². The van der Waals surface area contributed by atoms with Crippen LogP contribution >= 0.6 is 11.8 Å². The van der Waals surface area contributed by atoms with E-state index < -0.39 is 0 Å². The minimum atomic E-state index is 0.527. The van der Waals surface area contributed by atoms with Crippen molar-refractivity contribution in [2.45, 2.75) is 4.90 Å². The molecule has 4 rings (SSSR count). The second-order valence-corrected chi connectivity index (χ2v) is 7.18. The average Bonchev–Trinajstić information content (AvgIpc) is 2.75. The SMILES string of the molecule is CSc1ccccc1Nc1nc(Nc2ccccc2)nc(N2CCNCC2)n1. The van der Waals surface area contributed by atoms with Crippen LogP contribution in [-0.2, 0) is 0 Å². The van der Waals surface area contributed by atoms with Gasteiger partial charge in [-0.25, -0.2) is 0 Å². The zero-order chi connectivity index (χ0) is 19.2. The second-order valence-electron chi connectivity index (χ2n) is 6.34. The molecular formula is C20H23N7S. The number of aromatic nitrogens is 3. The Hall–Kier alpha value is -2.84. The van der Waals surface area contributed by atoms with E-state index in [0.29, 0.717) is 17.8 Å². The third-order valence-corrected chi connectivity index (χ3v) is 5.20. The molecule has 2 heterocycles. The van der Waals surface area contributed by atoms with Gasteiger partial charge in [-0.1, -0.05) is 30.3 Å². The van der Waals surface area contributed by atoms with Crippen LogP contribution in [0.1, 0.15) is 0 Å². The van der Waals surface area contributed by atoms with Gasteiger partial charge >= 0.3 is 0 Å². The quantitative estimate of drug-likeness (QED) is 0.550. The summed E-state index contributed by atoms with van der Waals surface area (Å²) in [5.74, 6) is 1.74. The number of thioether (sulfide) groups is 1. The molecule has 1 aliphatic rings. The molecule has 3 N–H and O–H groups in total. The molecule has 0 unspecified atom stereocenters. The van der Waals surface area contributed by atoms with Crippen LogP contribution < -0.4 is 20.9 Å². The number of nitrogens with one attached hydrogen (secondary N) is 3. The maximum absolute atomic E-state index is 4.68. The monoisotopic (exact) mass is 393 g/mol. The molecule has 28 heavy (non-hydrogen) atoms. The number of hydrogen-bond donors (Lipinski definition) is 3. The Morgan fingerprint density at radius 3 is 2.29 bits per heavy atom. The van der Waals surface area contributed by atoms with Crippen molar-refractivity contribution in [3.8, 4) is 0 Å². The van der Waals surface area contributed by atoms with E-state index in [2.05, 4.69) is 48.1 Å². The third-order valence-electron chi connectivity index (χ3n) is 4.41. The summed E-state index contributed by atoms with van der Waals surface area (Å²) in [6.07, 6.45) is 2.06. The molecule has 0 amide bonds. The summed E-state index contributed by atoms with van der Waals surface area (Å²) in [5, 5.41) is 10.0. The Labute approximate surface area is 169 Å². The Kier molecular flexibility index (Phi) is 5.89. The highest BCUT2D eigenvalue weighted by Gasteiger charge is 2.16. The van der Waals surface area contributed by atoms with Crippen LogP contribution in [0.25, 0.3) is 0 Å². The first kappa shape index (κ1) is 18.5. The number of anilines is 5. The zero-order valence-corrected chi connectivity index (χ0v) is 16.5. The first-order chi connectivity index (χ1) is 13.8. The van der Waals surface area contributed by atoms with Gasteiger partial charge in [0.05, 0.1) is 5.69 Å². The molecule has 0 spiro atoms. The minimum absolute atomic E-state index is 0.527. The molecule has 1 aromatic heterocycles. The predicted octanol–water partition coefficient (Wildman–Crippen LogP) is 3.49. The highest BCUT2D eigenvalue weighted by atomic mass is 32.2. The highest BCUT2D eigenvalue weighted by Crippen LogP contribution is 2.27. The molecule has 1 fully saturated rings. The van der Waals surface area contributed by atoms with Crippen molar-refractivity contribution < 1.29 is 0 Å². The fourth-order valence-electron chi connectivity index (χ4n) is 3.00. The molecule has 7 nitrogen and oxygen atoms in total. The van der Waals surface area contributed by atoms with Crippen LogP contribution in [-0.4, -0.2) is 47.4 Å². The molecule has 3 aromatic rings. The van der Waals surface area contributed by atoms with E-state index in [-0.39, 0.29) is 0 Å². The van der Waals surface area contributed by atoms with E-state index in [1.54, 1.807) is 11.8 Å². The third kappa shape index (κ3) is 4.52. The van der Waals surface area contributed by atoms with Gasteiger partial charge in [0.25, 0.3) is 0 Å². The van der Waals surface area contributed by atoms with Crippen molar-refractivity contribution in [1.82, 2.24) is 20.3 Å². The van der Waals surface area contributed by atoms with Gasteiger partial charge < -0.3 is 20.9 Å². The fraction of sp³-hybridized carbons (Fsp3) is 0.250. The molecule has 0 saturated carbocycles.